The van der Waals surface area contributed by atoms with Gasteiger partial charge in [0.1, 0.15) is 0 Å². The third-order valence-electron chi connectivity index (χ3n) is 2.08. The highest BCUT2D eigenvalue weighted by Gasteiger charge is 1.89. The normalized spacial score (nSPS) is 9.56. The molecule has 0 unspecified atom stereocenters. The van der Waals surface area contributed by atoms with Crippen molar-refractivity contribution in [1.29, 1.82) is 0 Å². The minimum atomic E-state index is 0.820. The van der Waals surface area contributed by atoms with Crippen molar-refractivity contribution in [3.8, 4) is 0 Å². The van der Waals surface area contributed by atoms with Crippen LogP contribution in [0.3, 0.4) is 0 Å². The zero-order valence-corrected chi connectivity index (χ0v) is 14.7. The van der Waals surface area contributed by atoms with Gasteiger partial charge >= 0.3 is 0 Å². The molecule has 2 aromatic rings. The van der Waals surface area contributed by atoms with Gasteiger partial charge in [0.15, 0.2) is 0 Å². The van der Waals surface area contributed by atoms with Crippen LogP contribution in [0, 0.1) is 0 Å². The van der Waals surface area contributed by atoms with Crippen molar-refractivity contribution in [1.82, 2.24) is 9.97 Å². The number of pyridine rings is 2. The summed E-state index contributed by atoms with van der Waals surface area (Å²) in [6, 6.07) is 7.97. The van der Waals surface area contributed by atoms with Crippen molar-refractivity contribution >= 4 is 47.8 Å². The molecule has 0 aliphatic rings. The summed E-state index contributed by atoms with van der Waals surface area (Å²) in [7, 11) is 0. The minimum Gasteiger partial charge on any atom is -0.260 e. The number of aromatic nitrogens is 2. The molecule has 0 fully saturated rings. The predicted octanol–water partition coefficient (Wildman–Crippen LogP) is 5.15. The highest BCUT2D eigenvalue weighted by Crippen LogP contribution is 2.09. The van der Waals surface area contributed by atoms with Gasteiger partial charge in [-0.15, -0.1) is 0 Å². The molecule has 0 aromatic carbocycles. The van der Waals surface area contributed by atoms with E-state index in [1.54, 1.807) is 6.20 Å². The summed E-state index contributed by atoms with van der Waals surface area (Å²) in [5.41, 5.74) is 2.19. The molecular formula is C13H13Br3N2. The molecule has 0 aliphatic carbocycles. The summed E-state index contributed by atoms with van der Waals surface area (Å²) >= 11 is 9.91. The number of hydrogen-bond acceptors (Lipinski definition) is 2. The molecule has 2 aromatic heterocycles. The van der Waals surface area contributed by atoms with E-state index in [1.807, 2.05) is 30.5 Å². The Labute approximate surface area is 133 Å². The highest BCUT2D eigenvalue weighted by atomic mass is 79.9. The van der Waals surface area contributed by atoms with Crippen LogP contribution in [0.5, 0.6) is 0 Å². The lowest BCUT2D eigenvalue weighted by atomic mass is 10.3. The van der Waals surface area contributed by atoms with Crippen LogP contribution in [0.15, 0.2) is 45.6 Å². The van der Waals surface area contributed by atoms with E-state index >= 15 is 0 Å². The molecular weight excluding hydrogens is 424 g/mol. The van der Waals surface area contributed by atoms with Crippen molar-refractivity contribution in [2.75, 3.05) is 0 Å². The second-order valence-corrected chi connectivity index (χ2v) is 5.81. The number of halogens is 3. The van der Waals surface area contributed by atoms with E-state index < -0.39 is 0 Å². The smallest absolute Gasteiger partial charge is 0.0509 e. The molecule has 2 heterocycles. The van der Waals surface area contributed by atoms with Gasteiger partial charge in [-0.25, -0.2) is 0 Å². The van der Waals surface area contributed by atoms with Gasteiger partial charge in [-0.3, -0.25) is 9.97 Å². The van der Waals surface area contributed by atoms with Crippen LogP contribution in [0.2, 0.25) is 0 Å². The van der Waals surface area contributed by atoms with Crippen molar-refractivity contribution in [3.05, 3.63) is 57.0 Å². The quantitative estimate of drug-likeness (QED) is 0.609. The number of alkyl halides is 1. The molecule has 2 rings (SSSR count). The van der Waals surface area contributed by atoms with Crippen LogP contribution in [-0.2, 0) is 11.8 Å². The fourth-order valence-electron chi connectivity index (χ4n) is 1.10. The third-order valence-corrected chi connectivity index (χ3v) is 3.59. The molecule has 0 spiro atoms. The first kappa shape index (κ1) is 15.8. The van der Waals surface area contributed by atoms with Crippen molar-refractivity contribution in [2.45, 2.75) is 18.7 Å². The second-order valence-electron chi connectivity index (χ2n) is 3.42. The van der Waals surface area contributed by atoms with E-state index in [9.17, 15) is 0 Å². The molecule has 0 saturated heterocycles. The summed E-state index contributed by atoms with van der Waals surface area (Å²) in [5.74, 6) is 0. The molecule has 5 heteroatoms. The monoisotopic (exact) mass is 434 g/mol. The fourth-order valence-corrected chi connectivity index (χ4v) is 1.90. The van der Waals surface area contributed by atoms with E-state index in [1.165, 1.54) is 0 Å². The molecule has 0 bridgehead atoms. The summed E-state index contributed by atoms with van der Waals surface area (Å²) < 4.78 is 2.06. The van der Waals surface area contributed by atoms with E-state index in [2.05, 4.69) is 64.7 Å². The fraction of sp³-hybridized carbons (Fsp3) is 0.231. The van der Waals surface area contributed by atoms with Crippen LogP contribution in [0.25, 0.3) is 0 Å². The van der Waals surface area contributed by atoms with Gasteiger partial charge < -0.3 is 0 Å². The molecule has 0 atom stereocenters. The largest absolute Gasteiger partial charge is 0.260 e. The van der Waals surface area contributed by atoms with Crippen molar-refractivity contribution in [2.24, 2.45) is 0 Å². The Morgan fingerprint density at radius 2 is 1.39 bits per heavy atom. The molecule has 0 radical (unpaired) electrons. The zero-order valence-electron chi connectivity index (χ0n) is 9.91. The van der Waals surface area contributed by atoms with Gasteiger partial charge in [0.25, 0.3) is 0 Å². The van der Waals surface area contributed by atoms with E-state index in [4.69, 9.17) is 0 Å². The first-order valence-corrected chi connectivity index (χ1v) is 8.13. The Morgan fingerprint density at radius 3 is 1.72 bits per heavy atom. The van der Waals surface area contributed by atoms with Gasteiger partial charge in [-0.1, -0.05) is 22.9 Å². The molecule has 0 amide bonds. The van der Waals surface area contributed by atoms with Crippen LogP contribution in [0.1, 0.15) is 18.3 Å². The molecule has 96 valence electrons. The highest BCUT2D eigenvalue weighted by molar-refractivity contribution is 9.10. The maximum atomic E-state index is 4.15. The molecule has 0 saturated carbocycles. The number of aryl methyl sites for hydroxylation is 1. The Balaban J connectivity index is 0.000000180. The second kappa shape index (κ2) is 8.77. The van der Waals surface area contributed by atoms with Gasteiger partial charge in [-0.2, -0.15) is 0 Å². The SMILES string of the molecule is BrCc1ccc(Br)cn1.CCc1ccc(Br)cn1. The van der Waals surface area contributed by atoms with Gasteiger partial charge in [-0.05, 0) is 62.5 Å². The van der Waals surface area contributed by atoms with Gasteiger partial charge in [0, 0.05) is 32.4 Å². The lowest BCUT2D eigenvalue weighted by Gasteiger charge is -1.92. The summed E-state index contributed by atoms with van der Waals surface area (Å²) in [4.78, 5) is 8.25. The number of nitrogens with zero attached hydrogens (tertiary/aromatic N) is 2. The van der Waals surface area contributed by atoms with Crippen LogP contribution in [0.4, 0.5) is 0 Å². The summed E-state index contributed by atoms with van der Waals surface area (Å²) in [5, 5.41) is 0.820. The topological polar surface area (TPSA) is 25.8 Å². The predicted molar refractivity (Wildman–Crippen MR) is 85.9 cm³/mol. The van der Waals surface area contributed by atoms with E-state index in [0.717, 1.165) is 32.1 Å². The third kappa shape index (κ3) is 6.07. The lowest BCUT2D eigenvalue weighted by Crippen LogP contribution is -1.83. The maximum absolute atomic E-state index is 4.15. The van der Waals surface area contributed by atoms with Crippen molar-refractivity contribution < 1.29 is 0 Å². The van der Waals surface area contributed by atoms with Crippen LogP contribution in [-0.4, -0.2) is 9.97 Å². The summed E-state index contributed by atoms with van der Waals surface area (Å²) in [6.07, 6.45) is 4.61. The molecule has 2 nitrogen and oxygen atoms in total. The van der Waals surface area contributed by atoms with Crippen molar-refractivity contribution in [3.63, 3.8) is 0 Å². The molecule has 18 heavy (non-hydrogen) atoms. The number of rotatable bonds is 2. The maximum Gasteiger partial charge on any atom is 0.0509 e. The first-order chi connectivity index (χ1) is 8.65. The molecule has 0 aliphatic heterocycles. The Hall–Kier alpha value is -0.260. The van der Waals surface area contributed by atoms with E-state index in [-0.39, 0.29) is 0 Å². The minimum absolute atomic E-state index is 0.820. The van der Waals surface area contributed by atoms with Gasteiger partial charge in [0.2, 0.25) is 0 Å². The van der Waals surface area contributed by atoms with Crippen LogP contribution >= 0.6 is 47.8 Å². The van der Waals surface area contributed by atoms with E-state index in [0.29, 0.717) is 0 Å². The molecule has 0 N–H and O–H groups in total. The number of hydrogen-bond donors (Lipinski definition) is 0. The first-order valence-electron chi connectivity index (χ1n) is 5.42. The average Bonchev–Trinajstić information content (AvgIpc) is 2.41. The Morgan fingerprint density at radius 1 is 0.889 bits per heavy atom. The standard InChI is InChI=1S/C7H8BrN.C6H5Br2N/c1-2-7-4-3-6(8)5-9-7;7-3-6-2-1-5(8)4-9-6/h3-5H,2H2,1H3;1-2,4H,3H2. The average molecular weight is 437 g/mol. The lowest BCUT2D eigenvalue weighted by molar-refractivity contribution is 1.03. The van der Waals surface area contributed by atoms with Gasteiger partial charge in [0.05, 0.1) is 5.69 Å². The Bertz CT molecular complexity index is 409. The Kier molecular flexibility index (Phi) is 7.70. The summed E-state index contributed by atoms with van der Waals surface area (Å²) in [6.45, 7) is 2.09. The zero-order chi connectivity index (χ0) is 13.4. The van der Waals surface area contributed by atoms with Crippen LogP contribution < -0.4 is 0 Å².